The molecule has 0 amide bonds. The molecule has 268 valence electrons. The number of hydrogen-bond acceptors (Lipinski definition) is 5. The highest BCUT2D eigenvalue weighted by Gasteiger charge is 2.24. The molecular weight excluding hydrogens is 718 g/mol. The highest BCUT2D eigenvalue weighted by Crippen LogP contribution is 2.48. The monoisotopic (exact) mass is 749 g/mol. The van der Waals surface area contributed by atoms with Gasteiger partial charge in [-0.1, -0.05) is 133 Å². The second-order valence-corrected chi connectivity index (χ2v) is 14.3. The summed E-state index contributed by atoms with van der Waals surface area (Å²) in [5, 5.41) is 17.8. The molecule has 0 atom stereocenters. The van der Waals surface area contributed by atoms with Gasteiger partial charge in [0.25, 0.3) is 0 Å². The van der Waals surface area contributed by atoms with E-state index in [9.17, 15) is 5.26 Å². The van der Waals surface area contributed by atoms with E-state index in [1.165, 1.54) is 0 Å². The smallest absolute Gasteiger partial charge is 0.137 e. The summed E-state index contributed by atoms with van der Waals surface area (Å²) in [6, 6.07) is 64.4. The summed E-state index contributed by atoms with van der Waals surface area (Å²) in [6.45, 7) is 0. The molecule has 0 aliphatic heterocycles. The first-order valence-electron chi connectivity index (χ1n) is 18.7. The highest BCUT2D eigenvalue weighted by molar-refractivity contribution is 6.34. The van der Waals surface area contributed by atoms with Crippen LogP contribution >= 0.6 is 11.6 Å². The number of nitrogens with zero attached hydrogens (tertiary/aromatic N) is 5. The van der Waals surface area contributed by atoms with Crippen LogP contribution in [0.15, 0.2) is 194 Å². The Balaban J connectivity index is 1.19. The van der Waals surface area contributed by atoms with Gasteiger partial charge < -0.3 is 0 Å². The number of rotatable bonds is 8. The lowest BCUT2D eigenvalue weighted by atomic mass is 9.91. The molecule has 6 heteroatoms. The van der Waals surface area contributed by atoms with Crippen LogP contribution in [0.25, 0.3) is 54.6 Å². The van der Waals surface area contributed by atoms with Crippen LogP contribution in [0, 0.1) is 11.3 Å². The van der Waals surface area contributed by atoms with Gasteiger partial charge in [0.1, 0.15) is 17.7 Å². The van der Waals surface area contributed by atoms with Crippen LogP contribution in [0.4, 0.5) is 34.4 Å². The van der Waals surface area contributed by atoms with Crippen molar-refractivity contribution in [3.05, 3.63) is 205 Å². The normalized spacial score (nSPS) is 11.2. The standard InChI is InChI=1S/C51H32ClN5/c52-43-32-39(35-13-5-2-6-14-35)22-28-47(43)57(49-16-8-10-30-55-49)46-27-20-37-17-23-41-45(26-19-36-18-24-42(46)51(37)50(36)41)56(48-15-7-9-29-54-48)44-25-21-38(31-40(44)33-53)34-11-3-1-4-12-34/h1-32H. The molecule has 10 rings (SSSR count). The number of halogens is 1. The predicted octanol–water partition coefficient (Wildman–Crippen LogP) is 14.2. The molecule has 57 heavy (non-hydrogen) atoms. The third kappa shape index (κ3) is 5.97. The Kier molecular flexibility index (Phi) is 8.52. The first kappa shape index (κ1) is 34.0. The van der Waals surface area contributed by atoms with Gasteiger partial charge in [-0.25, -0.2) is 9.97 Å². The number of hydrogen-bond donors (Lipinski definition) is 0. The van der Waals surface area contributed by atoms with Crippen molar-refractivity contribution in [2.75, 3.05) is 9.80 Å². The van der Waals surface area contributed by atoms with E-state index in [1.54, 1.807) is 6.20 Å². The van der Waals surface area contributed by atoms with Gasteiger partial charge in [-0.2, -0.15) is 5.26 Å². The molecule has 5 nitrogen and oxygen atoms in total. The van der Waals surface area contributed by atoms with E-state index in [0.29, 0.717) is 16.4 Å². The molecule has 2 heterocycles. The van der Waals surface area contributed by atoms with Gasteiger partial charge in [-0.3, -0.25) is 9.80 Å². The quantitative estimate of drug-likeness (QED) is 0.145. The fourth-order valence-electron chi connectivity index (χ4n) is 8.01. The van der Waals surface area contributed by atoms with Crippen LogP contribution in [-0.4, -0.2) is 9.97 Å². The van der Waals surface area contributed by atoms with Crippen molar-refractivity contribution in [1.29, 1.82) is 5.26 Å². The first-order chi connectivity index (χ1) is 28.2. The average Bonchev–Trinajstić information content (AvgIpc) is 3.28. The Bertz CT molecular complexity index is 3090. The Morgan fingerprint density at radius 1 is 0.421 bits per heavy atom. The van der Waals surface area contributed by atoms with Crippen molar-refractivity contribution in [3.8, 4) is 28.3 Å². The van der Waals surface area contributed by atoms with Gasteiger partial charge in [0.05, 0.1) is 33.3 Å². The largest absolute Gasteiger partial charge is 0.293 e. The zero-order valence-electron chi connectivity index (χ0n) is 30.6. The second-order valence-electron chi connectivity index (χ2n) is 13.9. The number of anilines is 6. The van der Waals surface area contributed by atoms with Crippen LogP contribution < -0.4 is 9.80 Å². The van der Waals surface area contributed by atoms with Crippen LogP contribution in [0.5, 0.6) is 0 Å². The van der Waals surface area contributed by atoms with E-state index in [1.807, 2.05) is 97.2 Å². The van der Waals surface area contributed by atoms with Gasteiger partial charge in [0, 0.05) is 23.2 Å². The zero-order valence-corrected chi connectivity index (χ0v) is 31.3. The molecule has 0 aliphatic carbocycles. The SMILES string of the molecule is N#Cc1cc(-c2ccccc2)ccc1N(c1ccccn1)c1ccc2ccc3c(N(c4ccccn4)c4ccc(-c5ccccc5)cc4Cl)ccc4ccc1c2c43. The molecule has 0 aliphatic rings. The number of benzene rings is 8. The Morgan fingerprint density at radius 2 is 0.877 bits per heavy atom. The van der Waals surface area contributed by atoms with E-state index in [-0.39, 0.29) is 0 Å². The predicted molar refractivity (Wildman–Crippen MR) is 236 cm³/mol. The van der Waals surface area contributed by atoms with Crippen molar-refractivity contribution >= 4 is 78.3 Å². The minimum Gasteiger partial charge on any atom is -0.293 e. The summed E-state index contributed by atoms with van der Waals surface area (Å²) in [4.78, 5) is 13.9. The number of pyridine rings is 2. The minimum absolute atomic E-state index is 0.552. The third-order valence-electron chi connectivity index (χ3n) is 10.6. The summed E-state index contributed by atoms with van der Waals surface area (Å²) in [7, 11) is 0. The third-order valence-corrected chi connectivity index (χ3v) is 10.9. The molecule has 0 N–H and O–H groups in total. The summed E-state index contributed by atoms with van der Waals surface area (Å²) in [6.07, 6.45) is 3.60. The van der Waals surface area contributed by atoms with E-state index >= 15 is 0 Å². The van der Waals surface area contributed by atoms with Crippen LogP contribution in [0.1, 0.15) is 5.56 Å². The molecule has 0 bridgehead atoms. The summed E-state index contributed by atoms with van der Waals surface area (Å²) >= 11 is 7.21. The van der Waals surface area contributed by atoms with Crippen LogP contribution in [-0.2, 0) is 0 Å². The highest BCUT2D eigenvalue weighted by atomic mass is 35.5. The lowest BCUT2D eigenvalue weighted by Gasteiger charge is -2.29. The number of aromatic nitrogens is 2. The maximum atomic E-state index is 10.6. The summed E-state index contributed by atoms with van der Waals surface area (Å²) in [5.41, 5.74) is 8.19. The maximum Gasteiger partial charge on any atom is 0.137 e. The molecule has 10 aromatic rings. The molecule has 0 fully saturated rings. The van der Waals surface area contributed by atoms with Crippen molar-refractivity contribution in [3.63, 3.8) is 0 Å². The molecule has 0 spiro atoms. The van der Waals surface area contributed by atoms with Gasteiger partial charge in [0.2, 0.25) is 0 Å². The molecular formula is C51H32ClN5. The molecule has 2 aromatic heterocycles. The van der Waals surface area contributed by atoms with Gasteiger partial charge in [-0.05, 0) is 104 Å². The Morgan fingerprint density at radius 3 is 1.37 bits per heavy atom. The van der Waals surface area contributed by atoms with Crippen molar-refractivity contribution in [2.24, 2.45) is 0 Å². The van der Waals surface area contributed by atoms with Gasteiger partial charge in [-0.15, -0.1) is 0 Å². The second kappa shape index (κ2) is 14.3. The first-order valence-corrected chi connectivity index (χ1v) is 19.1. The Hall–Kier alpha value is -7.52. The molecule has 0 saturated heterocycles. The van der Waals surface area contributed by atoms with Crippen LogP contribution in [0.3, 0.4) is 0 Å². The number of nitriles is 1. The van der Waals surface area contributed by atoms with Crippen LogP contribution in [0.2, 0.25) is 5.02 Å². The summed E-state index contributed by atoms with van der Waals surface area (Å²) < 4.78 is 0. The minimum atomic E-state index is 0.552. The van der Waals surface area contributed by atoms with E-state index in [4.69, 9.17) is 21.6 Å². The summed E-state index contributed by atoms with van der Waals surface area (Å²) in [5.74, 6) is 1.47. The fraction of sp³-hybridized carbons (Fsp3) is 0. The van der Waals surface area contributed by atoms with Gasteiger partial charge >= 0.3 is 0 Å². The molecule has 0 unspecified atom stereocenters. The lowest BCUT2D eigenvalue weighted by Crippen LogP contribution is -2.14. The topological polar surface area (TPSA) is 56.1 Å². The lowest BCUT2D eigenvalue weighted by molar-refractivity contribution is 1.18. The van der Waals surface area contributed by atoms with E-state index < -0.39 is 0 Å². The molecule has 0 saturated carbocycles. The van der Waals surface area contributed by atoms with Gasteiger partial charge in [0.15, 0.2) is 0 Å². The molecule has 0 radical (unpaired) electrons. The average molecular weight is 750 g/mol. The van der Waals surface area contributed by atoms with Crippen molar-refractivity contribution in [1.82, 2.24) is 9.97 Å². The van der Waals surface area contributed by atoms with Crippen molar-refractivity contribution < 1.29 is 0 Å². The molecule has 8 aromatic carbocycles. The maximum absolute atomic E-state index is 10.6. The van der Waals surface area contributed by atoms with E-state index in [0.717, 1.165) is 83.1 Å². The zero-order chi connectivity index (χ0) is 38.3. The fourth-order valence-corrected chi connectivity index (χ4v) is 8.28. The van der Waals surface area contributed by atoms with Crippen molar-refractivity contribution in [2.45, 2.75) is 0 Å². The Labute approximate surface area is 335 Å². The van der Waals surface area contributed by atoms with E-state index in [2.05, 4.69) is 107 Å².